The van der Waals surface area contributed by atoms with E-state index in [1.54, 1.807) is 47.1 Å². The van der Waals surface area contributed by atoms with E-state index in [-0.39, 0.29) is 30.5 Å². The van der Waals surface area contributed by atoms with E-state index < -0.39 is 5.67 Å². The number of halogens is 2. The molecular formula is C21H22ClFN6O2. The van der Waals surface area contributed by atoms with Gasteiger partial charge in [-0.1, -0.05) is 11.6 Å². The Morgan fingerprint density at radius 2 is 2.10 bits per heavy atom. The summed E-state index contributed by atoms with van der Waals surface area (Å²) >= 11 is 6.54. The first-order valence-electron chi connectivity index (χ1n) is 9.76. The number of rotatable bonds is 5. The average Bonchev–Trinajstić information content (AvgIpc) is 3.09. The minimum Gasteiger partial charge on any atom is -0.475 e. The molecule has 0 bridgehead atoms. The highest BCUT2D eigenvalue weighted by Gasteiger charge is 2.29. The SMILES string of the molecule is CNc1ncnc2c1C(=O)N(c1ccc(-c3ccn(CC(C)(C)F)n3)c(Cl)c1)CCO2. The Balaban J connectivity index is 1.64. The van der Waals surface area contributed by atoms with Gasteiger partial charge in [-0.2, -0.15) is 5.10 Å². The van der Waals surface area contributed by atoms with Crippen LogP contribution >= 0.6 is 11.6 Å². The maximum atomic E-state index is 13.9. The lowest BCUT2D eigenvalue weighted by atomic mass is 10.1. The van der Waals surface area contributed by atoms with E-state index in [2.05, 4.69) is 20.4 Å². The molecule has 1 amide bonds. The largest absolute Gasteiger partial charge is 0.475 e. The third kappa shape index (κ3) is 4.32. The molecule has 3 heterocycles. The molecule has 0 spiro atoms. The highest BCUT2D eigenvalue weighted by atomic mass is 35.5. The van der Waals surface area contributed by atoms with Crippen LogP contribution in [0.5, 0.6) is 5.88 Å². The van der Waals surface area contributed by atoms with E-state index in [1.165, 1.54) is 20.2 Å². The molecule has 0 saturated carbocycles. The van der Waals surface area contributed by atoms with Gasteiger partial charge < -0.3 is 15.0 Å². The Morgan fingerprint density at radius 3 is 2.81 bits per heavy atom. The quantitative estimate of drug-likeness (QED) is 0.644. The van der Waals surface area contributed by atoms with Crippen molar-refractivity contribution in [3.05, 3.63) is 47.4 Å². The number of aromatic nitrogens is 4. The molecular weight excluding hydrogens is 423 g/mol. The fraction of sp³-hybridized carbons (Fsp3) is 0.333. The number of ether oxygens (including phenoxy) is 1. The Hall–Kier alpha value is -3.20. The summed E-state index contributed by atoms with van der Waals surface area (Å²) in [6.45, 7) is 3.75. The van der Waals surface area contributed by atoms with Gasteiger partial charge in [0.25, 0.3) is 5.91 Å². The summed E-state index contributed by atoms with van der Waals surface area (Å²) in [4.78, 5) is 23.0. The lowest BCUT2D eigenvalue weighted by Gasteiger charge is -2.21. The van der Waals surface area contributed by atoms with Crippen molar-refractivity contribution in [3.8, 4) is 17.1 Å². The second-order valence-electron chi connectivity index (χ2n) is 7.74. The predicted octanol–water partition coefficient (Wildman–Crippen LogP) is 3.82. The molecule has 0 saturated heterocycles. The zero-order valence-electron chi connectivity index (χ0n) is 17.4. The molecule has 162 valence electrons. The number of alkyl halides is 1. The number of hydrogen-bond acceptors (Lipinski definition) is 6. The monoisotopic (exact) mass is 444 g/mol. The standard InChI is InChI=1S/C21H22ClFN6O2/c1-21(2,23)11-28-7-6-16(27-28)14-5-4-13(10-15(14)22)29-8-9-31-19-17(20(29)30)18(24-3)25-12-26-19/h4-7,10,12H,8-9,11H2,1-3H3,(H,24,25,26). The molecule has 0 unspecified atom stereocenters. The second-order valence-corrected chi connectivity index (χ2v) is 8.15. The van der Waals surface area contributed by atoms with Crippen molar-refractivity contribution < 1.29 is 13.9 Å². The van der Waals surface area contributed by atoms with Crippen LogP contribution in [0.1, 0.15) is 24.2 Å². The Bertz CT molecular complexity index is 1130. The minimum absolute atomic E-state index is 0.139. The van der Waals surface area contributed by atoms with Gasteiger partial charge in [-0.25, -0.2) is 14.4 Å². The van der Waals surface area contributed by atoms with Crippen LogP contribution in [-0.2, 0) is 6.54 Å². The molecule has 10 heteroatoms. The Morgan fingerprint density at radius 1 is 1.29 bits per heavy atom. The molecule has 0 fully saturated rings. The summed E-state index contributed by atoms with van der Waals surface area (Å²) in [6.07, 6.45) is 3.06. The summed E-state index contributed by atoms with van der Waals surface area (Å²) in [5.74, 6) is 0.359. The number of carbonyl (C=O) groups is 1. The number of hydrogen-bond donors (Lipinski definition) is 1. The first-order chi connectivity index (χ1) is 14.8. The van der Waals surface area contributed by atoms with E-state index in [0.29, 0.717) is 34.3 Å². The fourth-order valence-electron chi connectivity index (χ4n) is 3.44. The molecule has 0 radical (unpaired) electrons. The topological polar surface area (TPSA) is 85.2 Å². The van der Waals surface area contributed by atoms with Crippen molar-refractivity contribution in [2.75, 3.05) is 30.4 Å². The summed E-state index contributed by atoms with van der Waals surface area (Å²) in [5, 5.41) is 7.75. The molecule has 0 atom stereocenters. The number of amides is 1. The Kier molecular flexibility index (Phi) is 5.53. The lowest BCUT2D eigenvalue weighted by molar-refractivity contribution is 0.0990. The smallest absolute Gasteiger partial charge is 0.267 e. The van der Waals surface area contributed by atoms with Crippen molar-refractivity contribution in [1.82, 2.24) is 19.7 Å². The number of nitrogens with zero attached hydrogens (tertiary/aromatic N) is 5. The molecule has 3 aromatic rings. The van der Waals surface area contributed by atoms with Crippen LogP contribution in [0.3, 0.4) is 0 Å². The highest BCUT2D eigenvalue weighted by Crippen LogP contribution is 2.33. The van der Waals surface area contributed by atoms with E-state index in [9.17, 15) is 9.18 Å². The molecule has 1 N–H and O–H groups in total. The minimum atomic E-state index is -1.38. The van der Waals surface area contributed by atoms with Crippen molar-refractivity contribution in [2.24, 2.45) is 0 Å². The van der Waals surface area contributed by atoms with Gasteiger partial charge in [-0.15, -0.1) is 0 Å². The zero-order valence-corrected chi connectivity index (χ0v) is 18.1. The van der Waals surface area contributed by atoms with Crippen LogP contribution in [0, 0.1) is 0 Å². The van der Waals surface area contributed by atoms with Crippen LogP contribution in [0.15, 0.2) is 36.8 Å². The number of nitrogens with one attached hydrogen (secondary N) is 1. The van der Waals surface area contributed by atoms with Crippen LogP contribution in [-0.4, -0.2) is 51.5 Å². The first kappa shape index (κ1) is 21.0. The summed E-state index contributed by atoms with van der Waals surface area (Å²) in [5.41, 5.74) is 0.834. The van der Waals surface area contributed by atoms with Gasteiger partial charge in [0.2, 0.25) is 5.88 Å². The number of carbonyl (C=O) groups excluding carboxylic acids is 1. The maximum Gasteiger partial charge on any atom is 0.267 e. The van der Waals surface area contributed by atoms with Crippen molar-refractivity contribution >= 4 is 29.0 Å². The van der Waals surface area contributed by atoms with Gasteiger partial charge in [0.15, 0.2) is 0 Å². The van der Waals surface area contributed by atoms with Gasteiger partial charge in [-0.3, -0.25) is 9.48 Å². The molecule has 1 aliphatic heterocycles. The molecule has 31 heavy (non-hydrogen) atoms. The summed E-state index contributed by atoms with van der Waals surface area (Å²) in [6, 6.07) is 7.08. The predicted molar refractivity (Wildman–Crippen MR) is 117 cm³/mol. The van der Waals surface area contributed by atoms with Gasteiger partial charge in [0.05, 0.1) is 23.8 Å². The normalized spacial score (nSPS) is 14.1. The van der Waals surface area contributed by atoms with Gasteiger partial charge in [-0.05, 0) is 38.1 Å². The lowest BCUT2D eigenvalue weighted by Crippen LogP contribution is -2.32. The Labute approximate surface area is 184 Å². The molecule has 8 nitrogen and oxygen atoms in total. The summed E-state index contributed by atoms with van der Waals surface area (Å²) in [7, 11) is 1.68. The van der Waals surface area contributed by atoms with Gasteiger partial charge in [0.1, 0.15) is 30.0 Å². The van der Waals surface area contributed by atoms with Crippen molar-refractivity contribution in [2.45, 2.75) is 26.1 Å². The molecule has 0 aliphatic carbocycles. The number of anilines is 2. The second kappa shape index (κ2) is 8.14. The van der Waals surface area contributed by atoms with E-state index in [0.717, 1.165) is 0 Å². The van der Waals surface area contributed by atoms with Gasteiger partial charge in [0, 0.05) is 24.5 Å². The molecule has 4 rings (SSSR count). The van der Waals surface area contributed by atoms with Gasteiger partial charge >= 0.3 is 0 Å². The number of benzene rings is 1. The first-order valence-corrected chi connectivity index (χ1v) is 10.1. The highest BCUT2D eigenvalue weighted by molar-refractivity contribution is 6.33. The average molecular weight is 445 g/mol. The van der Waals surface area contributed by atoms with Crippen LogP contribution in [0.2, 0.25) is 5.02 Å². The van der Waals surface area contributed by atoms with Crippen LogP contribution in [0.4, 0.5) is 15.9 Å². The molecule has 2 aromatic heterocycles. The van der Waals surface area contributed by atoms with E-state index in [1.807, 2.05) is 0 Å². The summed E-state index contributed by atoms with van der Waals surface area (Å²) < 4.78 is 21.1. The van der Waals surface area contributed by atoms with Crippen molar-refractivity contribution in [1.29, 1.82) is 0 Å². The van der Waals surface area contributed by atoms with Crippen LogP contribution in [0.25, 0.3) is 11.3 Å². The fourth-order valence-corrected chi connectivity index (χ4v) is 3.71. The van der Waals surface area contributed by atoms with Crippen molar-refractivity contribution in [3.63, 3.8) is 0 Å². The molecule has 1 aromatic carbocycles. The molecule has 1 aliphatic rings. The maximum absolute atomic E-state index is 13.9. The number of fused-ring (bicyclic) bond motifs is 1. The van der Waals surface area contributed by atoms with E-state index >= 15 is 0 Å². The third-order valence-corrected chi connectivity index (χ3v) is 5.09. The van der Waals surface area contributed by atoms with E-state index in [4.69, 9.17) is 16.3 Å². The van der Waals surface area contributed by atoms with Crippen LogP contribution < -0.4 is 15.0 Å². The third-order valence-electron chi connectivity index (χ3n) is 4.78. The zero-order chi connectivity index (χ0) is 22.2.